The van der Waals surface area contributed by atoms with Crippen molar-refractivity contribution < 1.29 is 9.63 Å². The Kier molecular flexibility index (Phi) is 3.58. The van der Waals surface area contributed by atoms with E-state index in [-0.39, 0.29) is 11.8 Å². The van der Waals surface area contributed by atoms with Gasteiger partial charge in [-0.2, -0.15) is 0 Å². The van der Waals surface area contributed by atoms with Crippen LogP contribution in [0.5, 0.6) is 0 Å². The van der Waals surface area contributed by atoms with Crippen LogP contribution in [0, 0.1) is 0 Å². The Bertz CT molecular complexity index is 346. The molecule has 0 aromatic carbocycles. The number of thiazole rings is 1. The molecule has 1 rings (SSSR count). The number of nitrogens with two attached hydrogens (primary N) is 1. The molecule has 0 fully saturated rings. The zero-order valence-electron chi connectivity index (χ0n) is 7.93. The minimum atomic E-state index is -0.0686. The summed E-state index contributed by atoms with van der Waals surface area (Å²) in [6.07, 6.45) is 0.526. The van der Waals surface area contributed by atoms with Crippen LogP contribution in [-0.2, 0) is 9.63 Å². The smallest absolute Gasteiger partial charge is 0.180 e. The molecule has 0 bridgehead atoms. The molecule has 14 heavy (non-hydrogen) atoms. The van der Waals surface area contributed by atoms with Crippen LogP contribution < -0.4 is 5.73 Å². The van der Waals surface area contributed by atoms with Gasteiger partial charge in [0.1, 0.15) is 11.8 Å². The van der Waals surface area contributed by atoms with Gasteiger partial charge in [-0.1, -0.05) is 5.16 Å². The van der Waals surface area contributed by atoms with E-state index in [0.717, 1.165) is 0 Å². The molecule has 1 heterocycles. The fourth-order valence-corrected chi connectivity index (χ4v) is 1.25. The molecular formula is C8H11N3O2S. The van der Waals surface area contributed by atoms with Crippen molar-refractivity contribution in [1.29, 1.82) is 0 Å². The number of aldehydes is 1. The van der Waals surface area contributed by atoms with Gasteiger partial charge < -0.3 is 10.6 Å². The molecule has 0 saturated carbocycles. The minimum absolute atomic E-state index is 0.0686. The summed E-state index contributed by atoms with van der Waals surface area (Å²) in [4.78, 5) is 19.5. The van der Waals surface area contributed by atoms with Crippen LogP contribution in [0.4, 0.5) is 5.13 Å². The Morgan fingerprint density at radius 2 is 2.50 bits per heavy atom. The standard InChI is InChI=1S/C8H11N3O2S/c1-5(2)13-11-6(3-12)7-4-14-8(9)10-7/h3-5H,1-2H3,(H2,9,10). The zero-order valence-corrected chi connectivity index (χ0v) is 8.75. The predicted molar refractivity (Wildman–Crippen MR) is 55.3 cm³/mol. The highest BCUT2D eigenvalue weighted by atomic mass is 32.1. The fourth-order valence-electron chi connectivity index (χ4n) is 0.696. The summed E-state index contributed by atoms with van der Waals surface area (Å²) in [6.45, 7) is 3.64. The quantitative estimate of drug-likeness (QED) is 0.460. The highest BCUT2D eigenvalue weighted by Gasteiger charge is 2.07. The number of carbonyl (C=O) groups excluding carboxylic acids is 1. The molecule has 0 aliphatic carbocycles. The van der Waals surface area contributed by atoms with E-state index < -0.39 is 0 Å². The molecule has 0 atom stereocenters. The van der Waals surface area contributed by atoms with Crippen molar-refractivity contribution in [2.24, 2.45) is 5.16 Å². The van der Waals surface area contributed by atoms with Crippen molar-refractivity contribution in [1.82, 2.24) is 4.98 Å². The topological polar surface area (TPSA) is 77.6 Å². The van der Waals surface area contributed by atoms with Crippen LogP contribution >= 0.6 is 11.3 Å². The van der Waals surface area contributed by atoms with Crippen LogP contribution in [0.25, 0.3) is 0 Å². The van der Waals surface area contributed by atoms with Gasteiger partial charge in [-0.05, 0) is 13.8 Å². The molecule has 0 amide bonds. The molecule has 2 N–H and O–H groups in total. The predicted octanol–water partition coefficient (Wildman–Crippen LogP) is 1.05. The summed E-state index contributed by atoms with van der Waals surface area (Å²) in [7, 11) is 0. The molecule has 0 aliphatic rings. The highest BCUT2D eigenvalue weighted by Crippen LogP contribution is 2.11. The van der Waals surface area contributed by atoms with Crippen LogP contribution in [0.3, 0.4) is 0 Å². The van der Waals surface area contributed by atoms with Crippen LogP contribution in [-0.4, -0.2) is 23.1 Å². The van der Waals surface area contributed by atoms with Crippen molar-refractivity contribution in [3.8, 4) is 0 Å². The number of hydrogen-bond acceptors (Lipinski definition) is 6. The van der Waals surface area contributed by atoms with E-state index in [1.54, 1.807) is 5.38 Å². The Labute approximate surface area is 85.6 Å². The number of hydrogen-bond donors (Lipinski definition) is 1. The second-order valence-electron chi connectivity index (χ2n) is 2.82. The van der Waals surface area contributed by atoms with Gasteiger partial charge in [0.15, 0.2) is 17.1 Å². The number of carbonyl (C=O) groups is 1. The van der Waals surface area contributed by atoms with Crippen LogP contribution in [0.15, 0.2) is 10.5 Å². The molecule has 0 unspecified atom stereocenters. The average Bonchev–Trinajstić information content (AvgIpc) is 2.53. The van der Waals surface area contributed by atoms with E-state index in [1.807, 2.05) is 13.8 Å². The van der Waals surface area contributed by atoms with Crippen molar-refractivity contribution in [2.75, 3.05) is 5.73 Å². The molecule has 0 radical (unpaired) electrons. The van der Waals surface area contributed by atoms with E-state index in [2.05, 4.69) is 10.1 Å². The molecule has 0 saturated heterocycles. The molecule has 0 spiro atoms. The first-order valence-corrected chi connectivity index (χ1v) is 4.92. The van der Waals surface area contributed by atoms with Gasteiger partial charge in [-0.25, -0.2) is 4.98 Å². The molecule has 76 valence electrons. The molecule has 6 heteroatoms. The number of nitrogen functional groups attached to an aromatic ring is 1. The second-order valence-corrected chi connectivity index (χ2v) is 3.71. The zero-order chi connectivity index (χ0) is 10.6. The molecule has 5 nitrogen and oxygen atoms in total. The lowest BCUT2D eigenvalue weighted by Gasteiger charge is -2.01. The summed E-state index contributed by atoms with van der Waals surface area (Å²) in [5.74, 6) is 0. The van der Waals surface area contributed by atoms with Crippen LogP contribution in [0.2, 0.25) is 0 Å². The van der Waals surface area contributed by atoms with Gasteiger partial charge in [-0.3, -0.25) is 4.79 Å². The number of anilines is 1. The normalized spacial score (nSPS) is 11.8. The molecule has 1 aromatic rings. The molecular weight excluding hydrogens is 202 g/mol. The summed E-state index contributed by atoms with van der Waals surface area (Å²) < 4.78 is 0. The fraction of sp³-hybridized carbons (Fsp3) is 0.375. The largest absolute Gasteiger partial charge is 0.392 e. The van der Waals surface area contributed by atoms with Gasteiger partial charge in [0.25, 0.3) is 0 Å². The third-order valence-corrected chi connectivity index (χ3v) is 1.93. The molecule has 1 aromatic heterocycles. The summed E-state index contributed by atoms with van der Waals surface area (Å²) >= 11 is 1.25. The maximum absolute atomic E-state index is 10.6. The average molecular weight is 213 g/mol. The van der Waals surface area contributed by atoms with Gasteiger partial charge in [0, 0.05) is 5.38 Å². The third kappa shape index (κ3) is 2.81. The van der Waals surface area contributed by atoms with Gasteiger partial charge in [-0.15, -0.1) is 11.3 Å². The first kappa shape index (κ1) is 10.6. The highest BCUT2D eigenvalue weighted by molar-refractivity contribution is 7.13. The van der Waals surface area contributed by atoms with Crippen molar-refractivity contribution >= 4 is 28.5 Å². The van der Waals surface area contributed by atoms with Gasteiger partial charge in [0.2, 0.25) is 0 Å². The van der Waals surface area contributed by atoms with Crippen LogP contribution in [0.1, 0.15) is 19.5 Å². The van der Waals surface area contributed by atoms with Crippen molar-refractivity contribution in [2.45, 2.75) is 20.0 Å². The van der Waals surface area contributed by atoms with E-state index in [9.17, 15) is 4.79 Å². The van der Waals surface area contributed by atoms with Gasteiger partial charge >= 0.3 is 0 Å². The maximum Gasteiger partial charge on any atom is 0.180 e. The lowest BCUT2D eigenvalue weighted by molar-refractivity contribution is -0.102. The second kappa shape index (κ2) is 4.71. The van der Waals surface area contributed by atoms with E-state index in [0.29, 0.717) is 17.1 Å². The Morgan fingerprint density at radius 3 is 2.93 bits per heavy atom. The lowest BCUT2D eigenvalue weighted by atomic mass is 10.3. The lowest BCUT2D eigenvalue weighted by Crippen LogP contribution is -2.07. The van der Waals surface area contributed by atoms with E-state index >= 15 is 0 Å². The van der Waals surface area contributed by atoms with E-state index in [1.165, 1.54) is 11.3 Å². The maximum atomic E-state index is 10.6. The Morgan fingerprint density at radius 1 is 1.79 bits per heavy atom. The summed E-state index contributed by atoms with van der Waals surface area (Å²) in [5.41, 5.74) is 6.03. The molecule has 0 aliphatic heterocycles. The number of rotatable bonds is 4. The summed E-state index contributed by atoms with van der Waals surface area (Å²) in [6, 6.07) is 0. The Hall–Kier alpha value is -1.43. The minimum Gasteiger partial charge on any atom is -0.392 e. The van der Waals surface area contributed by atoms with Crippen molar-refractivity contribution in [3.05, 3.63) is 11.1 Å². The number of aromatic nitrogens is 1. The van der Waals surface area contributed by atoms with Gasteiger partial charge in [0.05, 0.1) is 0 Å². The first-order chi connectivity index (χ1) is 6.63. The number of nitrogens with zero attached hydrogens (tertiary/aromatic N) is 2. The Balaban J connectivity index is 2.81. The number of oxime groups is 1. The monoisotopic (exact) mass is 213 g/mol. The van der Waals surface area contributed by atoms with Crippen molar-refractivity contribution in [3.63, 3.8) is 0 Å². The first-order valence-electron chi connectivity index (χ1n) is 4.04. The van der Waals surface area contributed by atoms with E-state index in [4.69, 9.17) is 10.6 Å². The third-order valence-electron chi connectivity index (χ3n) is 1.26. The SMILES string of the molecule is CC(C)ON=C(C=O)c1csc(N)n1. The summed E-state index contributed by atoms with van der Waals surface area (Å²) in [5, 5.41) is 5.72.